The fourth-order valence-corrected chi connectivity index (χ4v) is 4.15. The monoisotopic (exact) mass is 441 g/mol. The number of halogens is 1. The highest BCUT2D eigenvalue weighted by Crippen LogP contribution is 2.34. The number of fused-ring (bicyclic) bond motifs is 1. The summed E-state index contributed by atoms with van der Waals surface area (Å²) in [5.41, 5.74) is 5.96. The van der Waals surface area contributed by atoms with Crippen molar-refractivity contribution in [2.24, 2.45) is 7.05 Å². The molecule has 3 heterocycles. The fraction of sp³-hybridized carbons (Fsp3) is 0.167. The molecule has 5 aromatic rings. The standard InChI is InChI=1S/C24H20ClN7/c1-15(2)24-23-21(31-13-19(27-14-31)17-11-28-30(3)12-17)5-4-6-22(23)32(29-24)20-8-7-16(10-26)9-18(20)25/h4-9,11-15H,1-3H3. The molecule has 7 nitrogen and oxygen atoms in total. The minimum atomic E-state index is 0.193. The van der Waals surface area contributed by atoms with Crippen molar-refractivity contribution in [3.8, 4) is 28.7 Å². The highest BCUT2D eigenvalue weighted by Gasteiger charge is 2.20. The van der Waals surface area contributed by atoms with E-state index in [4.69, 9.17) is 16.7 Å². The molecule has 0 unspecified atom stereocenters. The van der Waals surface area contributed by atoms with Crippen LogP contribution in [0.3, 0.4) is 0 Å². The predicted octanol–water partition coefficient (Wildman–Crippen LogP) is 5.26. The zero-order valence-corrected chi connectivity index (χ0v) is 18.6. The van der Waals surface area contributed by atoms with Crippen molar-refractivity contribution in [2.75, 3.05) is 0 Å². The van der Waals surface area contributed by atoms with Crippen LogP contribution in [0, 0.1) is 11.3 Å². The number of hydrogen-bond donors (Lipinski definition) is 0. The molecule has 0 saturated heterocycles. The Morgan fingerprint density at radius 3 is 2.62 bits per heavy atom. The first-order valence-corrected chi connectivity index (χ1v) is 10.6. The van der Waals surface area contributed by atoms with Crippen molar-refractivity contribution in [3.63, 3.8) is 0 Å². The minimum absolute atomic E-state index is 0.193. The Bertz CT molecular complexity index is 1500. The van der Waals surface area contributed by atoms with Crippen molar-refractivity contribution in [1.82, 2.24) is 29.1 Å². The summed E-state index contributed by atoms with van der Waals surface area (Å²) in [5, 5.41) is 19.9. The molecular weight excluding hydrogens is 422 g/mol. The molecule has 0 aliphatic heterocycles. The van der Waals surface area contributed by atoms with Gasteiger partial charge in [-0.15, -0.1) is 0 Å². The van der Waals surface area contributed by atoms with Gasteiger partial charge in [-0.05, 0) is 36.2 Å². The first-order valence-electron chi connectivity index (χ1n) is 10.2. The number of aromatic nitrogens is 6. The maximum atomic E-state index is 9.18. The summed E-state index contributed by atoms with van der Waals surface area (Å²) in [7, 11) is 1.89. The van der Waals surface area contributed by atoms with Crippen LogP contribution in [0.5, 0.6) is 0 Å². The van der Waals surface area contributed by atoms with Crippen molar-refractivity contribution in [2.45, 2.75) is 19.8 Å². The number of benzene rings is 2. The normalized spacial score (nSPS) is 11.4. The number of nitriles is 1. The maximum absolute atomic E-state index is 9.18. The third kappa shape index (κ3) is 3.26. The quantitative estimate of drug-likeness (QED) is 0.381. The third-order valence-electron chi connectivity index (χ3n) is 5.43. The van der Waals surface area contributed by atoms with Gasteiger partial charge in [0.2, 0.25) is 0 Å². The van der Waals surface area contributed by atoms with Crippen LogP contribution < -0.4 is 0 Å². The maximum Gasteiger partial charge on any atom is 0.0999 e. The molecule has 0 saturated carbocycles. The lowest BCUT2D eigenvalue weighted by Gasteiger charge is -2.08. The molecule has 8 heteroatoms. The molecular formula is C24H20ClN7. The lowest BCUT2D eigenvalue weighted by atomic mass is 10.0. The number of aryl methyl sites for hydroxylation is 1. The van der Waals surface area contributed by atoms with Gasteiger partial charge in [0.15, 0.2) is 0 Å². The molecule has 0 N–H and O–H groups in total. The molecule has 158 valence electrons. The Kier molecular flexibility index (Phi) is 4.80. The van der Waals surface area contributed by atoms with Gasteiger partial charge in [-0.25, -0.2) is 9.67 Å². The van der Waals surface area contributed by atoms with Crippen LogP contribution in [-0.4, -0.2) is 29.1 Å². The van der Waals surface area contributed by atoms with Gasteiger partial charge in [0.05, 0.1) is 57.5 Å². The summed E-state index contributed by atoms with van der Waals surface area (Å²) in [5.74, 6) is 0.193. The molecule has 0 spiro atoms. The molecule has 0 aliphatic carbocycles. The summed E-state index contributed by atoms with van der Waals surface area (Å²) in [6, 6.07) is 13.5. The van der Waals surface area contributed by atoms with E-state index in [0.29, 0.717) is 10.6 Å². The summed E-state index contributed by atoms with van der Waals surface area (Å²) in [6.45, 7) is 4.25. The highest BCUT2D eigenvalue weighted by atomic mass is 35.5. The van der Waals surface area contributed by atoms with Gasteiger partial charge in [-0.2, -0.15) is 15.5 Å². The lowest BCUT2D eigenvalue weighted by molar-refractivity contribution is 0.768. The van der Waals surface area contributed by atoms with Crippen LogP contribution in [0.4, 0.5) is 0 Å². The fourth-order valence-electron chi connectivity index (χ4n) is 3.89. The molecule has 3 aromatic heterocycles. The van der Waals surface area contributed by atoms with Crippen LogP contribution in [0.1, 0.15) is 31.0 Å². The summed E-state index contributed by atoms with van der Waals surface area (Å²) < 4.78 is 5.64. The number of rotatable bonds is 4. The molecule has 2 aromatic carbocycles. The van der Waals surface area contributed by atoms with Gasteiger partial charge >= 0.3 is 0 Å². The molecule has 0 amide bonds. The first-order chi connectivity index (χ1) is 15.5. The van der Waals surface area contributed by atoms with E-state index >= 15 is 0 Å². The zero-order chi connectivity index (χ0) is 22.4. The second-order valence-corrected chi connectivity index (χ2v) is 8.38. The Morgan fingerprint density at radius 2 is 1.94 bits per heavy atom. The van der Waals surface area contributed by atoms with Crippen LogP contribution in [0.2, 0.25) is 5.02 Å². The molecule has 0 aliphatic rings. The Labute approximate surface area is 190 Å². The van der Waals surface area contributed by atoms with E-state index in [1.807, 2.05) is 53.2 Å². The molecule has 5 rings (SSSR count). The van der Waals surface area contributed by atoms with E-state index in [1.54, 1.807) is 23.0 Å². The third-order valence-corrected chi connectivity index (χ3v) is 5.73. The van der Waals surface area contributed by atoms with E-state index in [2.05, 4.69) is 36.1 Å². The second kappa shape index (κ2) is 7.66. The second-order valence-electron chi connectivity index (χ2n) is 7.97. The SMILES string of the molecule is CC(C)c1nn(-c2ccc(C#N)cc2Cl)c2cccc(-n3cnc(-c4cnn(C)c4)c3)c12. The Balaban J connectivity index is 1.71. The van der Waals surface area contributed by atoms with Gasteiger partial charge in [0.1, 0.15) is 0 Å². The Hall–Kier alpha value is -3.89. The molecule has 0 bridgehead atoms. The van der Waals surface area contributed by atoms with E-state index in [1.165, 1.54) is 0 Å². The summed E-state index contributed by atoms with van der Waals surface area (Å²) in [4.78, 5) is 4.59. The minimum Gasteiger partial charge on any atom is -0.305 e. The van der Waals surface area contributed by atoms with Gasteiger partial charge in [-0.1, -0.05) is 31.5 Å². The van der Waals surface area contributed by atoms with E-state index in [-0.39, 0.29) is 5.92 Å². The van der Waals surface area contributed by atoms with E-state index in [0.717, 1.165) is 39.2 Å². The topological polar surface area (TPSA) is 77.2 Å². The number of nitrogens with zero attached hydrogens (tertiary/aromatic N) is 7. The largest absolute Gasteiger partial charge is 0.305 e. The van der Waals surface area contributed by atoms with Crippen molar-refractivity contribution in [1.29, 1.82) is 5.26 Å². The molecule has 0 atom stereocenters. The van der Waals surface area contributed by atoms with E-state index < -0.39 is 0 Å². The average molecular weight is 442 g/mol. The average Bonchev–Trinajstić information content (AvgIpc) is 3.51. The molecule has 0 radical (unpaired) electrons. The van der Waals surface area contributed by atoms with Crippen LogP contribution in [0.25, 0.3) is 33.5 Å². The van der Waals surface area contributed by atoms with Gasteiger partial charge < -0.3 is 4.57 Å². The van der Waals surface area contributed by atoms with Crippen LogP contribution in [0.15, 0.2) is 61.3 Å². The molecule has 32 heavy (non-hydrogen) atoms. The summed E-state index contributed by atoms with van der Waals surface area (Å²) in [6.07, 6.45) is 7.56. The van der Waals surface area contributed by atoms with E-state index in [9.17, 15) is 5.26 Å². The first kappa shape index (κ1) is 20.0. The zero-order valence-electron chi connectivity index (χ0n) is 17.9. The lowest BCUT2D eigenvalue weighted by Crippen LogP contribution is -1.99. The number of hydrogen-bond acceptors (Lipinski definition) is 4. The predicted molar refractivity (Wildman–Crippen MR) is 124 cm³/mol. The van der Waals surface area contributed by atoms with Gasteiger partial charge in [-0.3, -0.25) is 4.68 Å². The van der Waals surface area contributed by atoms with Gasteiger partial charge in [0.25, 0.3) is 0 Å². The smallest absolute Gasteiger partial charge is 0.0999 e. The molecule has 0 fully saturated rings. The summed E-state index contributed by atoms with van der Waals surface area (Å²) >= 11 is 6.53. The van der Waals surface area contributed by atoms with Crippen LogP contribution in [-0.2, 0) is 7.05 Å². The Morgan fingerprint density at radius 1 is 1.09 bits per heavy atom. The van der Waals surface area contributed by atoms with Crippen LogP contribution >= 0.6 is 11.6 Å². The highest BCUT2D eigenvalue weighted by molar-refractivity contribution is 6.32. The number of imidazole rings is 1. The van der Waals surface area contributed by atoms with Crippen molar-refractivity contribution < 1.29 is 0 Å². The van der Waals surface area contributed by atoms with Gasteiger partial charge in [0, 0.05) is 30.4 Å². The van der Waals surface area contributed by atoms with Crippen molar-refractivity contribution >= 4 is 22.5 Å². The van der Waals surface area contributed by atoms with Crippen molar-refractivity contribution in [3.05, 3.63) is 77.6 Å².